The summed E-state index contributed by atoms with van der Waals surface area (Å²) in [7, 11) is 0. The first-order chi connectivity index (χ1) is 18.6. The van der Waals surface area contributed by atoms with E-state index in [1.54, 1.807) is 41.2 Å². The van der Waals surface area contributed by atoms with Crippen LogP contribution in [-0.4, -0.2) is 34.1 Å². The molecule has 39 heavy (non-hydrogen) atoms. The number of rotatable bonds is 4. The van der Waals surface area contributed by atoms with Crippen LogP contribution >= 0.6 is 11.6 Å². The number of halogens is 4. The average Bonchev–Trinajstić information content (AvgIpc) is 3.29. The maximum Gasteiger partial charge on any atom is 0.275 e. The molecule has 4 aromatic rings. The molecule has 2 heterocycles. The summed E-state index contributed by atoms with van der Waals surface area (Å²) in [5.74, 6) is -5.42. The molecular weight excluding hydrogens is 529 g/mol. The van der Waals surface area contributed by atoms with Crippen LogP contribution in [0, 0.1) is 12.7 Å². The molecular formula is C29H22ClF3N4O2. The molecule has 10 heteroatoms. The molecule has 0 aliphatic carbocycles. The molecule has 0 fully saturated rings. The number of aromatic nitrogens is 2. The number of nitrogens with one attached hydrogen (secondary N) is 1. The summed E-state index contributed by atoms with van der Waals surface area (Å²) in [5.41, 5.74) is 1.41. The highest BCUT2D eigenvalue weighted by Crippen LogP contribution is 2.43. The second-order valence-electron chi connectivity index (χ2n) is 9.05. The molecule has 2 amide bonds. The van der Waals surface area contributed by atoms with Gasteiger partial charge in [0.25, 0.3) is 11.8 Å². The largest absolute Gasteiger partial charge is 0.322 e. The van der Waals surface area contributed by atoms with E-state index in [9.17, 15) is 14.0 Å². The third kappa shape index (κ3) is 5.44. The fraction of sp³-hybridized carbons (Fsp3) is 0.138. The number of carbonyl (C=O) groups excluding carboxylic acids is 2. The van der Waals surface area contributed by atoms with E-state index in [0.29, 0.717) is 5.69 Å². The summed E-state index contributed by atoms with van der Waals surface area (Å²) in [4.78, 5) is 27.6. The normalized spacial score (nSPS) is 15.5. The molecule has 0 saturated carbocycles. The van der Waals surface area contributed by atoms with Gasteiger partial charge in [-0.05, 0) is 55.5 Å². The van der Waals surface area contributed by atoms with E-state index in [-0.39, 0.29) is 34.1 Å². The van der Waals surface area contributed by atoms with Gasteiger partial charge in [-0.1, -0.05) is 35.9 Å². The Morgan fingerprint density at radius 1 is 1.05 bits per heavy atom. The first kappa shape index (κ1) is 26.2. The topological polar surface area (TPSA) is 67.2 Å². The van der Waals surface area contributed by atoms with Crippen molar-refractivity contribution in [3.63, 3.8) is 0 Å². The first-order valence-electron chi connectivity index (χ1n) is 12.0. The van der Waals surface area contributed by atoms with Crippen molar-refractivity contribution in [3.8, 4) is 5.69 Å². The predicted octanol–water partition coefficient (Wildman–Crippen LogP) is 6.68. The van der Waals surface area contributed by atoms with Gasteiger partial charge in [-0.3, -0.25) is 9.59 Å². The highest BCUT2D eigenvalue weighted by Gasteiger charge is 2.41. The number of hydrogen-bond donors (Lipinski definition) is 1. The number of amides is 2. The standard InChI is InChI=1S/C29H22ClF3N4O2/c1-18-11-13-37(35-18)21-9-10-23(25(30)16-21)28(39)36-14-12-29(32,33)24(22-7-2-3-8-26(22)36)17-27(38)34-20-6-4-5-19(31)15-20/h2-11,13,15-17H,12,14H2,1H3,(H,34,38)/b24-17-. The quantitative estimate of drug-likeness (QED) is 0.288. The molecule has 0 unspecified atom stereocenters. The third-order valence-electron chi connectivity index (χ3n) is 6.31. The monoisotopic (exact) mass is 550 g/mol. The van der Waals surface area contributed by atoms with Gasteiger partial charge in [0.2, 0.25) is 5.91 Å². The van der Waals surface area contributed by atoms with Crippen LogP contribution in [-0.2, 0) is 4.79 Å². The molecule has 5 rings (SSSR count). The van der Waals surface area contributed by atoms with Crippen LogP contribution in [0.5, 0.6) is 0 Å². The van der Waals surface area contributed by atoms with E-state index in [4.69, 9.17) is 11.6 Å². The van der Waals surface area contributed by atoms with Crippen molar-refractivity contribution in [2.24, 2.45) is 0 Å². The zero-order valence-electron chi connectivity index (χ0n) is 20.7. The van der Waals surface area contributed by atoms with Crippen LogP contribution in [0.4, 0.5) is 24.5 Å². The number of benzene rings is 3. The summed E-state index contributed by atoms with van der Waals surface area (Å²) >= 11 is 6.48. The zero-order valence-corrected chi connectivity index (χ0v) is 21.4. The molecule has 198 valence electrons. The fourth-order valence-corrected chi connectivity index (χ4v) is 4.69. The Bertz CT molecular complexity index is 1620. The summed E-state index contributed by atoms with van der Waals surface area (Å²) in [6.45, 7) is 1.53. The minimum atomic E-state index is -3.43. The number of nitrogens with zero attached hydrogens (tertiary/aromatic N) is 3. The number of aryl methyl sites for hydroxylation is 1. The van der Waals surface area contributed by atoms with E-state index >= 15 is 8.78 Å². The number of fused-ring (bicyclic) bond motifs is 1. The lowest BCUT2D eigenvalue weighted by molar-refractivity contribution is -0.112. The Morgan fingerprint density at radius 3 is 2.56 bits per heavy atom. The minimum absolute atomic E-state index is 0.0301. The van der Waals surface area contributed by atoms with Gasteiger partial charge in [0.05, 0.1) is 27.7 Å². The maximum atomic E-state index is 15.4. The summed E-state index contributed by atoms with van der Waals surface area (Å²) < 4.78 is 46.0. The fourth-order valence-electron chi connectivity index (χ4n) is 4.44. The van der Waals surface area contributed by atoms with Crippen molar-refractivity contribution in [1.29, 1.82) is 0 Å². The molecule has 1 aliphatic heterocycles. The van der Waals surface area contributed by atoms with Gasteiger partial charge in [0.1, 0.15) is 5.82 Å². The number of carbonyl (C=O) groups is 2. The van der Waals surface area contributed by atoms with Crippen molar-refractivity contribution >= 4 is 40.4 Å². The van der Waals surface area contributed by atoms with Gasteiger partial charge in [-0.25, -0.2) is 17.9 Å². The molecule has 0 bridgehead atoms. The lowest BCUT2D eigenvalue weighted by Crippen LogP contribution is -2.33. The molecule has 0 radical (unpaired) electrons. The highest BCUT2D eigenvalue weighted by atomic mass is 35.5. The molecule has 1 N–H and O–H groups in total. The van der Waals surface area contributed by atoms with E-state index in [1.807, 2.05) is 13.0 Å². The highest BCUT2D eigenvalue weighted by molar-refractivity contribution is 6.34. The number of hydrogen-bond acceptors (Lipinski definition) is 3. The molecule has 0 saturated heterocycles. The molecule has 1 aromatic heterocycles. The van der Waals surface area contributed by atoms with Crippen molar-refractivity contribution in [3.05, 3.63) is 113 Å². The molecule has 3 aromatic carbocycles. The Hall–Kier alpha value is -4.37. The second kappa shape index (κ2) is 10.4. The molecule has 0 atom stereocenters. The summed E-state index contributed by atoms with van der Waals surface area (Å²) in [6, 6.07) is 17.9. The van der Waals surface area contributed by atoms with Crippen LogP contribution in [0.15, 0.2) is 85.1 Å². The van der Waals surface area contributed by atoms with Gasteiger partial charge in [0, 0.05) is 42.1 Å². The van der Waals surface area contributed by atoms with Crippen LogP contribution < -0.4 is 10.2 Å². The lowest BCUT2D eigenvalue weighted by atomic mass is 9.97. The van der Waals surface area contributed by atoms with Crippen molar-refractivity contribution in [1.82, 2.24) is 9.78 Å². The summed E-state index contributed by atoms with van der Waals surface area (Å²) in [5, 5.41) is 6.88. The number of anilines is 2. The molecule has 6 nitrogen and oxygen atoms in total. The van der Waals surface area contributed by atoms with Crippen LogP contribution in [0.25, 0.3) is 11.3 Å². The van der Waals surface area contributed by atoms with Gasteiger partial charge in [-0.2, -0.15) is 5.10 Å². The van der Waals surface area contributed by atoms with E-state index in [1.165, 1.54) is 35.2 Å². The Balaban J connectivity index is 1.49. The average molecular weight is 551 g/mol. The Labute approximate surface area is 227 Å². The van der Waals surface area contributed by atoms with E-state index in [0.717, 1.165) is 17.8 Å². The first-order valence-corrected chi connectivity index (χ1v) is 12.4. The van der Waals surface area contributed by atoms with Crippen molar-refractivity contribution in [2.75, 3.05) is 16.8 Å². The molecule has 0 spiro atoms. The SMILES string of the molecule is Cc1ccn(-c2ccc(C(=O)N3CCC(F)(F)/C(=C\C(=O)Nc4cccc(F)c4)c4ccccc43)c(Cl)c2)n1. The van der Waals surface area contributed by atoms with Gasteiger partial charge >= 0.3 is 0 Å². The van der Waals surface area contributed by atoms with Gasteiger partial charge < -0.3 is 10.2 Å². The van der Waals surface area contributed by atoms with Crippen LogP contribution in [0.1, 0.15) is 28.0 Å². The number of para-hydroxylation sites is 1. The van der Waals surface area contributed by atoms with Crippen LogP contribution in [0.3, 0.4) is 0 Å². The molecule has 1 aliphatic rings. The third-order valence-corrected chi connectivity index (χ3v) is 6.62. The lowest BCUT2D eigenvalue weighted by Gasteiger charge is -2.23. The number of alkyl halides is 2. The van der Waals surface area contributed by atoms with Crippen molar-refractivity contribution in [2.45, 2.75) is 19.3 Å². The Kier molecular flexibility index (Phi) is 7.01. The van der Waals surface area contributed by atoms with E-state index in [2.05, 4.69) is 10.4 Å². The Morgan fingerprint density at radius 2 is 1.85 bits per heavy atom. The minimum Gasteiger partial charge on any atom is -0.322 e. The van der Waals surface area contributed by atoms with Crippen molar-refractivity contribution < 1.29 is 22.8 Å². The number of allylic oxidation sites excluding steroid dienone is 1. The predicted molar refractivity (Wildman–Crippen MR) is 144 cm³/mol. The van der Waals surface area contributed by atoms with Gasteiger partial charge in [0.15, 0.2) is 0 Å². The maximum absolute atomic E-state index is 15.4. The van der Waals surface area contributed by atoms with Crippen LogP contribution in [0.2, 0.25) is 5.02 Å². The smallest absolute Gasteiger partial charge is 0.275 e. The second-order valence-corrected chi connectivity index (χ2v) is 9.46. The van der Waals surface area contributed by atoms with E-state index < -0.39 is 35.5 Å². The summed E-state index contributed by atoms with van der Waals surface area (Å²) in [6.07, 6.45) is 1.83. The zero-order chi connectivity index (χ0) is 27.7. The van der Waals surface area contributed by atoms with Gasteiger partial charge in [-0.15, -0.1) is 0 Å².